The van der Waals surface area contributed by atoms with E-state index in [0.29, 0.717) is 0 Å². The Morgan fingerprint density at radius 3 is 2.83 bits per heavy atom. The minimum atomic E-state index is 0.919. The summed E-state index contributed by atoms with van der Waals surface area (Å²) in [5.41, 5.74) is 2.06. The Morgan fingerprint density at radius 1 is 1.33 bits per heavy atom. The van der Waals surface area contributed by atoms with Crippen LogP contribution in [0.5, 0.6) is 0 Å². The standard InChI is InChI=1S/C13H16BrN3S/c1-9-8-10(11-5-6-12(14)18-11)17-13(16-9)4-3-7-15-2/h5-6,8,15H,3-4,7H2,1-2H3. The lowest BCUT2D eigenvalue weighted by Crippen LogP contribution is -2.09. The Balaban J connectivity index is 2.21. The van der Waals surface area contributed by atoms with E-state index in [9.17, 15) is 0 Å². The number of hydrogen-bond acceptors (Lipinski definition) is 4. The zero-order chi connectivity index (χ0) is 13.0. The second-order valence-corrected chi connectivity index (χ2v) is 6.58. The van der Waals surface area contributed by atoms with Gasteiger partial charge in [0.2, 0.25) is 0 Å². The predicted molar refractivity (Wildman–Crippen MR) is 80.0 cm³/mol. The molecule has 2 aromatic rings. The van der Waals surface area contributed by atoms with E-state index in [1.807, 2.05) is 20.0 Å². The Labute approximate surface area is 120 Å². The summed E-state index contributed by atoms with van der Waals surface area (Å²) in [6, 6.07) is 6.19. The molecule has 0 amide bonds. The first-order chi connectivity index (χ1) is 8.69. The van der Waals surface area contributed by atoms with Gasteiger partial charge >= 0.3 is 0 Å². The van der Waals surface area contributed by atoms with Gasteiger partial charge in [0.25, 0.3) is 0 Å². The summed E-state index contributed by atoms with van der Waals surface area (Å²) in [4.78, 5) is 10.3. The number of hydrogen-bond donors (Lipinski definition) is 1. The van der Waals surface area contributed by atoms with Crippen LogP contribution in [0.25, 0.3) is 10.6 Å². The molecule has 0 spiro atoms. The molecule has 1 N–H and O–H groups in total. The zero-order valence-electron chi connectivity index (χ0n) is 10.5. The van der Waals surface area contributed by atoms with Crippen molar-refractivity contribution in [2.45, 2.75) is 19.8 Å². The molecule has 5 heteroatoms. The summed E-state index contributed by atoms with van der Waals surface area (Å²) in [6.07, 6.45) is 1.98. The second kappa shape index (κ2) is 6.41. The highest BCUT2D eigenvalue weighted by molar-refractivity contribution is 9.11. The van der Waals surface area contributed by atoms with E-state index >= 15 is 0 Å². The highest BCUT2D eigenvalue weighted by Crippen LogP contribution is 2.30. The van der Waals surface area contributed by atoms with Gasteiger partial charge in [-0.05, 0) is 61.1 Å². The molecular weight excluding hydrogens is 310 g/mol. The van der Waals surface area contributed by atoms with Crippen molar-refractivity contribution in [1.82, 2.24) is 15.3 Å². The molecule has 96 valence electrons. The maximum absolute atomic E-state index is 4.64. The smallest absolute Gasteiger partial charge is 0.129 e. The molecule has 0 aliphatic heterocycles. The van der Waals surface area contributed by atoms with Gasteiger partial charge in [-0.15, -0.1) is 11.3 Å². The number of aromatic nitrogens is 2. The molecule has 0 radical (unpaired) electrons. The van der Waals surface area contributed by atoms with Gasteiger partial charge in [0.15, 0.2) is 0 Å². The fourth-order valence-corrected chi connectivity index (χ4v) is 3.09. The number of halogens is 1. The largest absolute Gasteiger partial charge is 0.320 e. The van der Waals surface area contributed by atoms with Crippen molar-refractivity contribution in [3.05, 3.63) is 33.5 Å². The lowest BCUT2D eigenvalue weighted by atomic mass is 10.2. The summed E-state index contributed by atoms with van der Waals surface area (Å²) in [7, 11) is 1.96. The topological polar surface area (TPSA) is 37.8 Å². The first-order valence-corrected chi connectivity index (χ1v) is 7.55. The molecule has 18 heavy (non-hydrogen) atoms. The Morgan fingerprint density at radius 2 is 2.17 bits per heavy atom. The minimum absolute atomic E-state index is 0.919. The summed E-state index contributed by atoms with van der Waals surface area (Å²) in [5.74, 6) is 0.935. The summed E-state index contributed by atoms with van der Waals surface area (Å²) in [5, 5.41) is 3.14. The quantitative estimate of drug-likeness (QED) is 0.856. The highest BCUT2D eigenvalue weighted by Gasteiger charge is 2.06. The molecule has 0 aromatic carbocycles. The van der Waals surface area contributed by atoms with Gasteiger partial charge in [0.05, 0.1) is 14.4 Å². The van der Waals surface area contributed by atoms with E-state index in [4.69, 9.17) is 0 Å². The van der Waals surface area contributed by atoms with Gasteiger partial charge < -0.3 is 5.32 Å². The van der Waals surface area contributed by atoms with Gasteiger partial charge in [-0.25, -0.2) is 9.97 Å². The predicted octanol–water partition coefficient (Wildman–Crippen LogP) is 3.43. The molecule has 3 nitrogen and oxygen atoms in total. The molecule has 2 rings (SSSR count). The van der Waals surface area contributed by atoms with Crippen LogP contribution >= 0.6 is 27.3 Å². The maximum atomic E-state index is 4.64. The van der Waals surface area contributed by atoms with Crippen molar-refractivity contribution in [2.75, 3.05) is 13.6 Å². The van der Waals surface area contributed by atoms with Crippen LogP contribution in [0.3, 0.4) is 0 Å². The van der Waals surface area contributed by atoms with E-state index < -0.39 is 0 Å². The third-order valence-electron chi connectivity index (χ3n) is 2.55. The molecule has 0 unspecified atom stereocenters. The van der Waals surface area contributed by atoms with E-state index in [1.54, 1.807) is 11.3 Å². The van der Waals surface area contributed by atoms with Gasteiger partial charge in [-0.1, -0.05) is 0 Å². The number of rotatable bonds is 5. The molecule has 0 saturated carbocycles. The van der Waals surface area contributed by atoms with Crippen LogP contribution in [-0.2, 0) is 6.42 Å². The zero-order valence-corrected chi connectivity index (χ0v) is 12.9. The Bertz CT molecular complexity index is 525. The molecule has 2 aromatic heterocycles. The van der Waals surface area contributed by atoms with E-state index in [-0.39, 0.29) is 0 Å². The summed E-state index contributed by atoms with van der Waals surface area (Å²) >= 11 is 5.19. The Hall–Kier alpha value is -0.780. The molecule has 2 heterocycles. The van der Waals surface area contributed by atoms with E-state index in [2.05, 4.69) is 43.3 Å². The SMILES string of the molecule is CNCCCc1nc(C)cc(-c2ccc(Br)s2)n1. The molecule has 0 aliphatic carbocycles. The average Bonchev–Trinajstić information content (AvgIpc) is 2.76. The number of nitrogens with zero attached hydrogens (tertiary/aromatic N) is 2. The van der Waals surface area contributed by atoms with Gasteiger partial charge in [0, 0.05) is 12.1 Å². The molecule has 0 fully saturated rings. The minimum Gasteiger partial charge on any atom is -0.320 e. The number of nitrogens with one attached hydrogen (secondary N) is 1. The van der Waals surface area contributed by atoms with Crippen molar-refractivity contribution in [3.63, 3.8) is 0 Å². The third-order valence-corrected chi connectivity index (χ3v) is 4.20. The monoisotopic (exact) mass is 325 g/mol. The van der Waals surface area contributed by atoms with Crippen molar-refractivity contribution in [3.8, 4) is 10.6 Å². The van der Waals surface area contributed by atoms with E-state index in [1.165, 1.54) is 4.88 Å². The van der Waals surface area contributed by atoms with Crippen LogP contribution in [0.1, 0.15) is 17.9 Å². The summed E-state index contributed by atoms with van der Waals surface area (Å²) < 4.78 is 1.13. The lowest BCUT2D eigenvalue weighted by Gasteiger charge is -2.04. The summed E-state index contributed by atoms with van der Waals surface area (Å²) in [6.45, 7) is 3.02. The first-order valence-electron chi connectivity index (χ1n) is 5.94. The van der Waals surface area contributed by atoms with Crippen molar-refractivity contribution in [1.29, 1.82) is 0 Å². The van der Waals surface area contributed by atoms with Crippen molar-refractivity contribution >= 4 is 27.3 Å². The molecule has 0 bridgehead atoms. The molecule has 0 atom stereocenters. The van der Waals surface area contributed by atoms with Crippen LogP contribution in [0.4, 0.5) is 0 Å². The molecule has 0 aliphatic rings. The molecular formula is C13H16BrN3S. The fraction of sp³-hybridized carbons (Fsp3) is 0.385. The van der Waals surface area contributed by atoms with Crippen molar-refractivity contribution < 1.29 is 0 Å². The number of thiophene rings is 1. The molecule has 0 saturated heterocycles. The highest BCUT2D eigenvalue weighted by atomic mass is 79.9. The normalized spacial score (nSPS) is 10.8. The van der Waals surface area contributed by atoms with Crippen LogP contribution in [0.15, 0.2) is 22.0 Å². The fourth-order valence-electron chi connectivity index (χ4n) is 1.74. The van der Waals surface area contributed by atoms with Gasteiger partial charge in [-0.3, -0.25) is 0 Å². The second-order valence-electron chi connectivity index (χ2n) is 4.12. The number of aryl methyl sites for hydroxylation is 2. The maximum Gasteiger partial charge on any atom is 0.129 e. The van der Waals surface area contributed by atoms with Crippen LogP contribution < -0.4 is 5.32 Å². The van der Waals surface area contributed by atoms with Crippen LogP contribution in [-0.4, -0.2) is 23.6 Å². The lowest BCUT2D eigenvalue weighted by molar-refractivity contribution is 0.701. The van der Waals surface area contributed by atoms with Crippen LogP contribution in [0.2, 0.25) is 0 Å². The van der Waals surface area contributed by atoms with Crippen LogP contribution in [0, 0.1) is 6.92 Å². The van der Waals surface area contributed by atoms with Crippen molar-refractivity contribution in [2.24, 2.45) is 0 Å². The van der Waals surface area contributed by atoms with Gasteiger partial charge in [-0.2, -0.15) is 0 Å². The Kier molecular flexibility index (Phi) is 4.86. The average molecular weight is 326 g/mol. The first kappa shape index (κ1) is 13.6. The van der Waals surface area contributed by atoms with Gasteiger partial charge in [0.1, 0.15) is 5.82 Å². The third kappa shape index (κ3) is 3.60. The van der Waals surface area contributed by atoms with E-state index in [0.717, 1.165) is 40.4 Å².